The predicted molar refractivity (Wildman–Crippen MR) is 122 cm³/mol. The predicted octanol–water partition coefficient (Wildman–Crippen LogP) is 4.64. The van der Waals surface area contributed by atoms with Crippen LogP contribution in [-0.4, -0.2) is 39.6 Å². The first-order valence-corrected chi connectivity index (χ1v) is 10.4. The molecule has 31 heavy (non-hydrogen) atoms. The summed E-state index contributed by atoms with van der Waals surface area (Å²) in [5.74, 6) is 0.777. The number of carbonyl (C=O) groups excluding carboxylic acids is 1. The van der Waals surface area contributed by atoms with Gasteiger partial charge in [0, 0.05) is 12.2 Å². The summed E-state index contributed by atoms with van der Waals surface area (Å²) in [6.07, 6.45) is 0. The molecule has 0 saturated carbocycles. The number of aromatic nitrogens is 2. The van der Waals surface area contributed by atoms with Crippen LogP contribution in [0.15, 0.2) is 54.3 Å². The first-order valence-electron chi connectivity index (χ1n) is 10.4. The van der Waals surface area contributed by atoms with E-state index in [1.54, 1.807) is 29.2 Å². The number of nitrogens with one attached hydrogen (secondary N) is 1. The molecule has 1 aromatic heterocycles. The molecule has 2 heterocycles. The number of amidine groups is 1. The first-order chi connectivity index (χ1) is 14.9. The van der Waals surface area contributed by atoms with Crippen LogP contribution in [0.3, 0.4) is 0 Å². The molecule has 0 fully saturated rings. The zero-order valence-corrected chi connectivity index (χ0v) is 17.9. The van der Waals surface area contributed by atoms with Crippen molar-refractivity contribution in [1.29, 1.82) is 5.41 Å². The number of aryl methyl sites for hydroxylation is 1. The molecular formula is C24H26N4O3. The lowest BCUT2D eigenvalue weighted by molar-refractivity contribution is 0.0459. The average molecular weight is 418 g/mol. The molecule has 0 atom stereocenters. The maximum atomic E-state index is 12.2. The molecule has 0 radical (unpaired) electrons. The number of benzene rings is 2. The molecule has 2 N–H and O–H groups in total. The van der Waals surface area contributed by atoms with E-state index in [4.69, 9.17) is 10.1 Å². The van der Waals surface area contributed by atoms with Crippen molar-refractivity contribution in [2.45, 2.75) is 27.3 Å². The quantitative estimate of drug-likeness (QED) is 0.569. The summed E-state index contributed by atoms with van der Waals surface area (Å²) < 4.78 is 7.27. The molecular weight excluding hydrogens is 392 g/mol. The lowest BCUT2D eigenvalue weighted by Crippen LogP contribution is -2.26. The summed E-state index contributed by atoms with van der Waals surface area (Å²) in [7, 11) is 0. The molecule has 0 spiro atoms. The van der Waals surface area contributed by atoms with E-state index in [0.29, 0.717) is 35.8 Å². The smallest absolute Gasteiger partial charge is 0.338 e. The fourth-order valence-electron chi connectivity index (χ4n) is 3.72. The van der Waals surface area contributed by atoms with E-state index in [1.165, 1.54) is 0 Å². The van der Waals surface area contributed by atoms with Crippen LogP contribution in [0, 0.1) is 11.3 Å². The van der Waals surface area contributed by atoms with Crippen LogP contribution >= 0.6 is 0 Å². The minimum absolute atomic E-state index is 0.107. The summed E-state index contributed by atoms with van der Waals surface area (Å²) in [6, 6.07) is 14.7. The second-order valence-electron chi connectivity index (χ2n) is 7.96. The normalized spacial score (nSPS) is 14.2. The van der Waals surface area contributed by atoms with Crippen molar-refractivity contribution in [3.63, 3.8) is 0 Å². The third-order valence-corrected chi connectivity index (χ3v) is 5.26. The van der Waals surface area contributed by atoms with Crippen molar-refractivity contribution in [3.05, 3.63) is 65.7 Å². The van der Waals surface area contributed by atoms with Gasteiger partial charge in [-0.15, -0.1) is 0 Å². The molecule has 1 aliphatic rings. The molecule has 0 saturated heterocycles. The Morgan fingerprint density at radius 2 is 1.90 bits per heavy atom. The van der Waals surface area contributed by atoms with Crippen molar-refractivity contribution in [1.82, 2.24) is 9.55 Å². The van der Waals surface area contributed by atoms with Crippen LogP contribution in [0.2, 0.25) is 0 Å². The van der Waals surface area contributed by atoms with E-state index in [1.807, 2.05) is 49.6 Å². The van der Waals surface area contributed by atoms with Gasteiger partial charge in [-0.1, -0.05) is 26.0 Å². The maximum Gasteiger partial charge on any atom is 0.338 e. The lowest BCUT2D eigenvalue weighted by Gasteiger charge is -2.19. The number of esters is 1. The Balaban J connectivity index is 1.59. The summed E-state index contributed by atoms with van der Waals surface area (Å²) in [4.78, 5) is 18.5. The molecule has 3 aromatic rings. The second-order valence-corrected chi connectivity index (χ2v) is 7.96. The van der Waals surface area contributed by atoms with Crippen molar-refractivity contribution in [3.8, 4) is 0 Å². The number of aliphatic hydroxyl groups excluding tert-OH is 1. The van der Waals surface area contributed by atoms with Gasteiger partial charge in [0.05, 0.1) is 35.3 Å². The van der Waals surface area contributed by atoms with Gasteiger partial charge in [0.15, 0.2) is 0 Å². The Morgan fingerprint density at radius 3 is 2.58 bits per heavy atom. The van der Waals surface area contributed by atoms with Crippen LogP contribution in [-0.2, 0) is 11.3 Å². The highest BCUT2D eigenvalue weighted by atomic mass is 16.5. The zero-order valence-electron chi connectivity index (χ0n) is 17.9. The van der Waals surface area contributed by atoms with E-state index in [9.17, 15) is 9.90 Å². The second kappa shape index (κ2) is 8.26. The van der Waals surface area contributed by atoms with Gasteiger partial charge >= 0.3 is 5.97 Å². The molecule has 160 valence electrons. The number of aliphatic hydroxyl groups is 1. The topological polar surface area (TPSA) is 91.4 Å². The average Bonchev–Trinajstić information content (AvgIpc) is 3.27. The maximum absolute atomic E-state index is 12.2. The van der Waals surface area contributed by atoms with Crippen LogP contribution < -0.4 is 4.90 Å². The van der Waals surface area contributed by atoms with E-state index in [0.717, 1.165) is 11.0 Å². The molecule has 0 amide bonds. The fourth-order valence-corrected chi connectivity index (χ4v) is 3.72. The van der Waals surface area contributed by atoms with E-state index < -0.39 is 0 Å². The molecule has 4 rings (SSSR count). The lowest BCUT2D eigenvalue weighted by atomic mass is 10.2. The number of ether oxygens (including phenoxy) is 1. The highest BCUT2D eigenvalue weighted by molar-refractivity contribution is 6.30. The molecule has 2 aromatic carbocycles. The van der Waals surface area contributed by atoms with Crippen LogP contribution in [0.25, 0.3) is 16.6 Å². The van der Waals surface area contributed by atoms with Gasteiger partial charge in [0.2, 0.25) is 0 Å². The van der Waals surface area contributed by atoms with Gasteiger partial charge in [-0.3, -0.25) is 5.41 Å². The molecule has 0 unspecified atom stereocenters. The summed E-state index contributed by atoms with van der Waals surface area (Å²) in [6.45, 7) is 7.21. The van der Waals surface area contributed by atoms with Crippen LogP contribution in [0.4, 0.5) is 5.69 Å². The van der Waals surface area contributed by atoms with Gasteiger partial charge in [-0.05, 0) is 49.2 Å². The van der Waals surface area contributed by atoms with Crippen molar-refractivity contribution in [2.24, 2.45) is 5.92 Å². The van der Waals surface area contributed by atoms with Crippen molar-refractivity contribution in [2.75, 3.05) is 18.1 Å². The third-order valence-electron chi connectivity index (χ3n) is 5.26. The van der Waals surface area contributed by atoms with Crippen LogP contribution in [0.5, 0.6) is 0 Å². The van der Waals surface area contributed by atoms with Crippen LogP contribution in [0.1, 0.15) is 37.0 Å². The first kappa shape index (κ1) is 20.7. The highest BCUT2D eigenvalue weighted by Crippen LogP contribution is 2.32. The van der Waals surface area contributed by atoms with Gasteiger partial charge in [-0.25, -0.2) is 9.78 Å². The van der Waals surface area contributed by atoms with Crippen molar-refractivity contribution < 1.29 is 14.6 Å². The SMILES string of the molecule is CCn1c(C2=C(O)CN(c3ccc(C(=O)OCC(C)C)cc3)C2=N)nc2ccccc21. The minimum atomic E-state index is -0.366. The molecule has 1 aliphatic heterocycles. The van der Waals surface area contributed by atoms with Gasteiger partial charge < -0.3 is 19.3 Å². The van der Waals surface area contributed by atoms with E-state index in [-0.39, 0.29) is 30.0 Å². The molecule has 7 nitrogen and oxygen atoms in total. The third kappa shape index (κ3) is 3.79. The number of rotatable bonds is 6. The highest BCUT2D eigenvalue weighted by Gasteiger charge is 2.32. The Bertz CT molecular complexity index is 1180. The Morgan fingerprint density at radius 1 is 1.19 bits per heavy atom. The number of imidazole rings is 1. The minimum Gasteiger partial charge on any atom is -0.509 e. The zero-order chi connectivity index (χ0) is 22.1. The molecule has 0 aliphatic carbocycles. The monoisotopic (exact) mass is 418 g/mol. The Labute approximate surface area is 181 Å². The Hall–Kier alpha value is -3.61. The number of hydrogen-bond donors (Lipinski definition) is 2. The fraction of sp³-hybridized carbons (Fsp3) is 0.292. The number of para-hydroxylation sites is 2. The number of nitrogens with zero attached hydrogens (tertiary/aromatic N) is 3. The summed E-state index contributed by atoms with van der Waals surface area (Å²) >= 11 is 0. The summed E-state index contributed by atoms with van der Waals surface area (Å²) in [5.41, 5.74) is 3.40. The molecule has 0 bridgehead atoms. The largest absolute Gasteiger partial charge is 0.509 e. The van der Waals surface area contributed by atoms with Gasteiger partial charge in [0.25, 0.3) is 0 Å². The summed E-state index contributed by atoms with van der Waals surface area (Å²) in [5, 5.41) is 19.5. The van der Waals surface area contributed by atoms with E-state index >= 15 is 0 Å². The van der Waals surface area contributed by atoms with Crippen molar-refractivity contribution >= 4 is 34.1 Å². The number of anilines is 1. The standard InChI is InChI=1S/C24H26N4O3/c1-4-27-19-8-6-5-7-18(19)26-23(27)21-20(29)13-28(22(21)25)17-11-9-16(10-12-17)24(30)31-14-15(2)3/h5-12,15,25,29H,4,13-14H2,1-3H3. The number of carbonyl (C=O) groups is 1. The Kier molecular flexibility index (Phi) is 5.50. The van der Waals surface area contributed by atoms with Gasteiger partial charge in [0.1, 0.15) is 17.4 Å². The molecule has 7 heteroatoms. The number of hydrogen-bond acceptors (Lipinski definition) is 5. The van der Waals surface area contributed by atoms with Gasteiger partial charge in [-0.2, -0.15) is 0 Å². The number of fused-ring (bicyclic) bond motifs is 1. The van der Waals surface area contributed by atoms with E-state index in [2.05, 4.69) is 4.98 Å².